The molecule has 1 aliphatic heterocycles. The molecule has 1 aromatic carbocycles. The Bertz CT molecular complexity index is 743. The largest absolute Gasteiger partial charge is 0.352 e. The van der Waals surface area contributed by atoms with Gasteiger partial charge in [0.05, 0.1) is 10.6 Å². The topological polar surface area (TPSA) is 62.3 Å². The average Bonchev–Trinajstić information content (AvgIpc) is 2.67. The van der Waals surface area contributed by atoms with E-state index in [4.69, 9.17) is 11.6 Å². The Labute approximate surface area is 152 Å². The number of nitrogens with zero attached hydrogens (tertiary/aromatic N) is 2. The van der Waals surface area contributed by atoms with E-state index >= 15 is 0 Å². The number of amides is 2. The Morgan fingerprint density at radius 2 is 1.92 bits per heavy atom. The molecule has 1 aromatic heterocycles. The van der Waals surface area contributed by atoms with Crippen molar-refractivity contribution >= 4 is 23.4 Å². The number of hydrogen-bond acceptors (Lipinski definition) is 3. The summed E-state index contributed by atoms with van der Waals surface area (Å²) in [6.07, 6.45) is 4.77. The molecule has 0 unspecified atom stereocenters. The first kappa shape index (κ1) is 17.4. The summed E-state index contributed by atoms with van der Waals surface area (Å²) in [5, 5.41) is 3.41. The summed E-state index contributed by atoms with van der Waals surface area (Å²) in [4.78, 5) is 30.7. The van der Waals surface area contributed by atoms with Gasteiger partial charge >= 0.3 is 0 Å². The Balaban J connectivity index is 1.50. The van der Waals surface area contributed by atoms with Gasteiger partial charge in [-0.15, -0.1) is 0 Å². The molecule has 6 heteroatoms. The van der Waals surface area contributed by atoms with Crippen molar-refractivity contribution < 1.29 is 9.59 Å². The molecule has 1 fully saturated rings. The number of aromatic nitrogens is 1. The van der Waals surface area contributed by atoms with Gasteiger partial charge in [-0.1, -0.05) is 29.8 Å². The second-order valence-electron chi connectivity index (χ2n) is 6.13. The highest BCUT2D eigenvalue weighted by Gasteiger charge is 2.28. The minimum absolute atomic E-state index is 0.0358. The van der Waals surface area contributed by atoms with Gasteiger partial charge in [0.25, 0.3) is 5.91 Å². The third-order valence-corrected chi connectivity index (χ3v) is 4.78. The molecule has 0 radical (unpaired) electrons. The van der Waals surface area contributed by atoms with Crippen molar-refractivity contribution in [1.82, 2.24) is 15.2 Å². The molecule has 1 saturated heterocycles. The van der Waals surface area contributed by atoms with Crippen LogP contribution in [0.5, 0.6) is 0 Å². The van der Waals surface area contributed by atoms with Gasteiger partial charge in [0, 0.05) is 37.9 Å². The maximum Gasteiger partial charge on any atom is 0.255 e. The molecule has 25 heavy (non-hydrogen) atoms. The van der Waals surface area contributed by atoms with Crippen LogP contribution >= 0.6 is 11.6 Å². The summed E-state index contributed by atoms with van der Waals surface area (Å²) in [5.74, 6) is -0.0968. The third-order valence-electron chi connectivity index (χ3n) is 4.45. The summed E-state index contributed by atoms with van der Waals surface area (Å²) in [6.45, 7) is 1.61. The molecule has 5 nitrogen and oxygen atoms in total. The number of benzene rings is 1. The Kier molecular flexibility index (Phi) is 5.66. The molecular formula is C19H20ClN3O2. The molecule has 0 spiro atoms. The first-order valence-electron chi connectivity index (χ1n) is 8.35. The molecule has 2 amide bonds. The molecule has 0 aliphatic carbocycles. The van der Waals surface area contributed by atoms with E-state index in [-0.39, 0.29) is 17.7 Å². The molecule has 0 saturated carbocycles. The monoisotopic (exact) mass is 357 g/mol. The predicted octanol–water partition coefficient (Wildman–Crippen LogP) is 2.90. The molecule has 2 aromatic rings. The predicted molar refractivity (Wildman–Crippen MR) is 96.2 cm³/mol. The zero-order valence-electron chi connectivity index (χ0n) is 13.8. The van der Waals surface area contributed by atoms with E-state index in [1.807, 2.05) is 12.1 Å². The van der Waals surface area contributed by atoms with E-state index in [1.165, 1.54) is 0 Å². The highest BCUT2D eigenvalue weighted by Crippen LogP contribution is 2.22. The second-order valence-corrected chi connectivity index (χ2v) is 6.53. The highest BCUT2D eigenvalue weighted by atomic mass is 35.5. The molecular weight excluding hydrogens is 338 g/mol. The number of piperidine rings is 1. The minimum atomic E-state index is -0.0696. The highest BCUT2D eigenvalue weighted by molar-refractivity contribution is 6.33. The van der Waals surface area contributed by atoms with Crippen LogP contribution in [0.1, 0.15) is 28.8 Å². The smallest absolute Gasteiger partial charge is 0.255 e. The number of carbonyl (C=O) groups excluding carboxylic acids is 2. The number of carbonyl (C=O) groups is 2. The van der Waals surface area contributed by atoms with E-state index in [9.17, 15) is 9.59 Å². The normalized spacial score (nSPS) is 15.0. The maximum atomic E-state index is 12.5. The zero-order valence-corrected chi connectivity index (χ0v) is 14.6. The van der Waals surface area contributed by atoms with Gasteiger partial charge in [0.15, 0.2) is 0 Å². The first-order chi connectivity index (χ1) is 12.1. The van der Waals surface area contributed by atoms with Crippen LogP contribution in [0.15, 0.2) is 48.8 Å². The molecule has 130 valence electrons. The number of pyridine rings is 1. The van der Waals surface area contributed by atoms with Crippen LogP contribution in [0.25, 0.3) is 0 Å². The zero-order chi connectivity index (χ0) is 17.6. The molecule has 0 atom stereocenters. The molecule has 1 aliphatic rings. The molecule has 0 bridgehead atoms. The first-order valence-corrected chi connectivity index (χ1v) is 8.73. The van der Waals surface area contributed by atoms with Crippen LogP contribution in [0, 0.1) is 5.92 Å². The number of rotatable bonds is 4. The summed E-state index contributed by atoms with van der Waals surface area (Å²) in [5.41, 5.74) is 1.49. The van der Waals surface area contributed by atoms with Crippen molar-refractivity contribution in [2.75, 3.05) is 13.1 Å². The maximum absolute atomic E-state index is 12.5. The third kappa shape index (κ3) is 4.37. The van der Waals surface area contributed by atoms with E-state index in [0.717, 1.165) is 5.56 Å². The summed E-state index contributed by atoms with van der Waals surface area (Å²) in [7, 11) is 0. The van der Waals surface area contributed by atoms with E-state index in [0.29, 0.717) is 43.1 Å². The molecule has 1 N–H and O–H groups in total. The lowest BCUT2D eigenvalue weighted by Gasteiger charge is -2.31. The van der Waals surface area contributed by atoms with Crippen LogP contribution in [0.2, 0.25) is 5.02 Å². The Morgan fingerprint density at radius 1 is 1.16 bits per heavy atom. The fraction of sp³-hybridized carbons (Fsp3) is 0.316. The van der Waals surface area contributed by atoms with Gasteiger partial charge < -0.3 is 10.2 Å². The SMILES string of the molecule is O=C(NCc1cccnc1)C1CCN(C(=O)c2ccccc2Cl)CC1. The lowest BCUT2D eigenvalue weighted by atomic mass is 9.95. The minimum Gasteiger partial charge on any atom is -0.352 e. The van der Waals surface area contributed by atoms with Gasteiger partial charge in [0.1, 0.15) is 0 Å². The van der Waals surface area contributed by atoms with Gasteiger partial charge in [-0.2, -0.15) is 0 Å². The Morgan fingerprint density at radius 3 is 2.60 bits per heavy atom. The van der Waals surface area contributed by atoms with Gasteiger partial charge in [-0.05, 0) is 36.6 Å². The van der Waals surface area contributed by atoms with E-state index < -0.39 is 0 Å². The number of hydrogen-bond donors (Lipinski definition) is 1. The van der Waals surface area contributed by atoms with E-state index in [1.54, 1.807) is 41.6 Å². The molecule has 3 rings (SSSR count). The lowest BCUT2D eigenvalue weighted by molar-refractivity contribution is -0.126. The van der Waals surface area contributed by atoms with Gasteiger partial charge in [-0.25, -0.2) is 0 Å². The van der Waals surface area contributed by atoms with Crippen molar-refractivity contribution in [1.29, 1.82) is 0 Å². The number of halogens is 1. The number of likely N-dealkylation sites (tertiary alicyclic amines) is 1. The van der Waals surface area contributed by atoms with E-state index in [2.05, 4.69) is 10.3 Å². The Hall–Kier alpha value is -2.40. The van der Waals surface area contributed by atoms with Crippen molar-refractivity contribution in [3.63, 3.8) is 0 Å². The van der Waals surface area contributed by atoms with Gasteiger partial charge in [-0.3, -0.25) is 14.6 Å². The van der Waals surface area contributed by atoms with Crippen LogP contribution in [-0.2, 0) is 11.3 Å². The standard InChI is InChI=1S/C19H20ClN3O2/c20-17-6-2-1-5-16(17)19(25)23-10-7-15(8-11-23)18(24)22-13-14-4-3-9-21-12-14/h1-6,9,12,15H,7-8,10-11,13H2,(H,22,24). The van der Waals surface area contributed by atoms with Crippen molar-refractivity contribution in [2.24, 2.45) is 5.92 Å². The summed E-state index contributed by atoms with van der Waals surface area (Å²) < 4.78 is 0. The van der Waals surface area contributed by atoms with Crippen molar-refractivity contribution in [2.45, 2.75) is 19.4 Å². The van der Waals surface area contributed by atoms with Crippen molar-refractivity contribution in [3.05, 3.63) is 64.9 Å². The van der Waals surface area contributed by atoms with Crippen LogP contribution in [-0.4, -0.2) is 34.8 Å². The van der Waals surface area contributed by atoms with Crippen LogP contribution in [0.4, 0.5) is 0 Å². The molecule has 2 heterocycles. The fourth-order valence-electron chi connectivity index (χ4n) is 2.99. The van der Waals surface area contributed by atoms with Crippen molar-refractivity contribution in [3.8, 4) is 0 Å². The average molecular weight is 358 g/mol. The fourth-order valence-corrected chi connectivity index (χ4v) is 3.20. The van der Waals surface area contributed by atoms with Gasteiger partial charge in [0.2, 0.25) is 5.91 Å². The quantitative estimate of drug-likeness (QED) is 0.915. The second kappa shape index (κ2) is 8.12. The number of nitrogens with one attached hydrogen (secondary N) is 1. The van der Waals surface area contributed by atoms with Crippen LogP contribution < -0.4 is 5.32 Å². The summed E-state index contributed by atoms with van der Waals surface area (Å²) in [6, 6.07) is 10.8. The summed E-state index contributed by atoms with van der Waals surface area (Å²) >= 11 is 6.10. The van der Waals surface area contributed by atoms with Crippen LogP contribution in [0.3, 0.4) is 0 Å². The lowest BCUT2D eigenvalue weighted by Crippen LogP contribution is -2.43.